The Hall–Kier alpha value is -3.06. The van der Waals surface area contributed by atoms with Gasteiger partial charge in [0.15, 0.2) is 18.2 Å². The summed E-state index contributed by atoms with van der Waals surface area (Å²) in [4.78, 5) is 24.6. The lowest BCUT2D eigenvalue weighted by Gasteiger charge is -2.10. The lowest BCUT2D eigenvalue weighted by atomic mass is 10.1. The summed E-state index contributed by atoms with van der Waals surface area (Å²) < 4.78 is 46.3. The Kier molecular flexibility index (Phi) is 5.79. The number of hydrogen-bond donors (Lipinski definition) is 0. The number of carbonyl (C=O) groups excluding carboxylic acids is 2. The van der Waals surface area contributed by atoms with Crippen LogP contribution in [0, 0.1) is 31.3 Å². The van der Waals surface area contributed by atoms with Crippen LogP contribution in [0.4, 0.5) is 13.2 Å². The summed E-state index contributed by atoms with van der Waals surface area (Å²) in [5, 5.41) is -0.323. The van der Waals surface area contributed by atoms with Crippen molar-refractivity contribution in [1.82, 2.24) is 4.57 Å². The lowest BCUT2D eigenvalue weighted by molar-refractivity contribution is 0.0474. The maximum absolute atomic E-state index is 13.3. The molecule has 0 fully saturated rings. The van der Waals surface area contributed by atoms with Crippen molar-refractivity contribution in [3.05, 3.63) is 87.5 Å². The summed E-state index contributed by atoms with van der Waals surface area (Å²) in [7, 11) is 0. The third kappa shape index (κ3) is 4.19. The van der Waals surface area contributed by atoms with E-state index in [0.29, 0.717) is 29.1 Å². The monoisotopic (exact) mass is 421 g/mol. The topological polar surface area (TPSA) is 48.3 Å². The molecule has 0 atom stereocenters. The van der Waals surface area contributed by atoms with Gasteiger partial charge in [-0.15, -0.1) is 0 Å². The normalized spacial score (nSPS) is 10.8. The summed E-state index contributed by atoms with van der Waals surface area (Å²) in [6.45, 7) is 2.87. The van der Waals surface area contributed by atoms with E-state index >= 15 is 0 Å². The Bertz CT molecular complexity index is 1110. The summed E-state index contributed by atoms with van der Waals surface area (Å²) in [6.07, 6.45) is 0. The van der Waals surface area contributed by atoms with Gasteiger partial charge < -0.3 is 9.30 Å². The van der Waals surface area contributed by atoms with Crippen LogP contribution in [-0.2, 0) is 4.74 Å². The molecule has 3 rings (SSSR count). The standard InChI is InChI=1S/C21H15ClF3NO3/c1-11-7-15(12(2)26(11)14-5-3-13(23)4-6-14)20(27)10-29-21(28)16-8-18(24)19(25)9-17(16)22/h3-9H,10H2,1-2H3. The Morgan fingerprint density at radius 3 is 2.24 bits per heavy atom. The van der Waals surface area contributed by atoms with Crippen LogP contribution >= 0.6 is 11.6 Å². The van der Waals surface area contributed by atoms with E-state index in [4.69, 9.17) is 16.3 Å². The zero-order valence-electron chi connectivity index (χ0n) is 15.4. The van der Waals surface area contributed by atoms with Crippen molar-refractivity contribution in [3.63, 3.8) is 0 Å². The Morgan fingerprint density at radius 1 is 0.966 bits per heavy atom. The van der Waals surface area contributed by atoms with Gasteiger partial charge in [0, 0.05) is 22.6 Å². The molecule has 0 saturated heterocycles. The van der Waals surface area contributed by atoms with Crippen molar-refractivity contribution in [2.24, 2.45) is 0 Å². The first-order valence-corrected chi connectivity index (χ1v) is 8.86. The molecule has 0 amide bonds. The molecule has 0 radical (unpaired) electrons. The highest BCUT2D eigenvalue weighted by Gasteiger charge is 2.21. The van der Waals surface area contributed by atoms with Gasteiger partial charge in [-0.25, -0.2) is 18.0 Å². The van der Waals surface area contributed by atoms with Crippen molar-refractivity contribution in [2.45, 2.75) is 13.8 Å². The number of aromatic nitrogens is 1. The van der Waals surface area contributed by atoms with Gasteiger partial charge in [-0.05, 0) is 56.3 Å². The minimum atomic E-state index is -1.25. The number of nitrogens with zero attached hydrogens (tertiary/aromatic N) is 1. The average Bonchev–Trinajstić information content (AvgIpc) is 2.97. The van der Waals surface area contributed by atoms with Crippen molar-refractivity contribution >= 4 is 23.4 Å². The maximum atomic E-state index is 13.3. The van der Waals surface area contributed by atoms with E-state index in [0.717, 1.165) is 5.69 Å². The van der Waals surface area contributed by atoms with Crippen LogP contribution in [0.1, 0.15) is 32.1 Å². The largest absolute Gasteiger partial charge is 0.454 e. The molecule has 3 aromatic rings. The minimum absolute atomic E-state index is 0.316. The number of Topliss-reactive ketones (excluding diaryl/α,β-unsaturated/α-hetero) is 1. The number of esters is 1. The fourth-order valence-electron chi connectivity index (χ4n) is 3.00. The third-order valence-corrected chi connectivity index (χ3v) is 4.69. The predicted octanol–water partition coefficient (Wildman–Crippen LogP) is 5.20. The van der Waals surface area contributed by atoms with Crippen molar-refractivity contribution in [1.29, 1.82) is 0 Å². The summed E-state index contributed by atoms with van der Waals surface area (Å²) in [5.74, 6) is -4.37. The van der Waals surface area contributed by atoms with E-state index < -0.39 is 30.0 Å². The van der Waals surface area contributed by atoms with Crippen LogP contribution in [0.3, 0.4) is 0 Å². The Balaban J connectivity index is 1.78. The van der Waals surface area contributed by atoms with Crippen LogP contribution in [-0.4, -0.2) is 22.9 Å². The van der Waals surface area contributed by atoms with Crippen molar-refractivity contribution in [2.75, 3.05) is 6.61 Å². The zero-order chi connectivity index (χ0) is 21.3. The number of carbonyl (C=O) groups is 2. The van der Waals surface area contributed by atoms with Gasteiger partial charge in [0.05, 0.1) is 10.6 Å². The zero-order valence-corrected chi connectivity index (χ0v) is 16.2. The van der Waals surface area contributed by atoms with Gasteiger partial charge in [0.25, 0.3) is 0 Å². The van der Waals surface area contributed by atoms with E-state index in [1.165, 1.54) is 12.1 Å². The van der Waals surface area contributed by atoms with E-state index in [1.54, 1.807) is 36.6 Å². The van der Waals surface area contributed by atoms with Crippen molar-refractivity contribution < 1.29 is 27.5 Å². The number of ketones is 1. The van der Waals surface area contributed by atoms with Gasteiger partial charge in [-0.3, -0.25) is 4.79 Å². The molecule has 0 unspecified atom stereocenters. The molecule has 2 aromatic carbocycles. The van der Waals surface area contributed by atoms with Crippen LogP contribution in [0.5, 0.6) is 0 Å². The molecule has 0 bridgehead atoms. The highest BCUT2D eigenvalue weighted by Crippen LogP contribution is 2.23. The van der Waals surface area contributed by atoms with Gasteiger partial charge in [-0.2, -0.15) is 0 Å². The number of ether oxygens (including phenoxy) is 1. The predicted molar refractivity (Wildman–Crippen MR) is 101 cm³/mol. The number of rotatable bonds is 5. The van der Waals surface area contributed by atoms with Gasteiger partial charge in [-0.1, -0.05) is 11.6 Å². The maximum Gasteiger partial charge on any atom is 0.340 e. The smallest absolute Gasteiger partial charge is 0.340 e. The fourth-order valence-corrected chi connectivity index (χ4v) is 3.23. The summed E-state index contributed by atoms with van der Waals surface area (Å²) >= 11 is 5.73. The molecule has 8 heteroatoms. The molecule has 29 heavy (non-hydrogen) atoms. The molecule has 0 N–H and O–H groups in total. The van der Waals surface area contributed by atoms with Crippen LogP contribution in [0.15, 0.2) is 42.5 Å². The second-order valence-corrected chi connectivity index (χ2v) is 6.75. The Labute approximate surface area is 169 Å². The van der Waals surface area contributed by atoms with E-state index in [1.807, 2.05) is 0 Å². The molecule has 1 heterocycles. The minimum Gasteiger partial charge on any atom is -0.454 e. The molecular formula is C21H15ClF3NO3. The molecule has 0 aliphatic rings. The molecule has 0 aliphatic heterocycles. The van der Waals surface area contributed by atoms with E-state index in [-0.39, 0.29) is 16.4 Å². The molecular weight excluding hydrogens is 407 g/mol. The van der Waals surface area contributed by atoms with Crippen LogP contribution in [0.2, 0.25) is 5.02 Å². The quantitative estimate of drug-likeness (QED) is 0.323. The van der Waals surface area contributed by atoms with Crippen molar-refractivity contribution in [3.8, 4) is 5.69 Å². The average molecular weight is 422 g/mol. The van der Waals surface area contributed by atoms with Crippen LogP contribution in [0.25, 0.3) is 5.69 Å². The molecule has 1 aromatic heterocycles. The summed E-state index contributed by atoms with van der Waals surface area (Å²) in [6, 6.07) is 8.67. The first-order valence-electron chi connectivity index (χ1n) is 8.48. The third-order valence-electron chi connectivity index (χ3n) is 4.38. The number of halogens is 4. The van der Waals surface area contributed by atoms with Gasteiger partial charge >= 0.3 is 5.97 Å². The number of aryl methyl sites for hydroxylation is 1. The highest BCUT2D eigenvalue weighted by molar-refractivity contribution is 6.33. The molecule has 0 aliphatic carbocycles. The van der Waals surface area contributed by atoms with Crippen LogP contribution < -0.4 is 0 Å². The van der Waals surface area contributed by atoms with Gasteiger partial charge in [0.1, 0.15) is 5.82 Å². The SMILES string of the molecule is Cc1cc(C(=O)COC(=O)c2cc(F)c(F)cc2Cl)c(C)n1-c1ccc(F)cc1. The highest BCUT2D eigenvalue weighted by atomic mass is 35.5. The second kappa shape index (κ2) is 8.13. The van der Waals surface area contributed by atoms with E-state index in [2.05, 4.69) is 0 Å². The van der Waals surface area contributed by atoms with Gasteiger partial charge in [0.2, 0.25) is 5.78 Å². The first-order chi connectivity index (χ1) is 13.7. The summed E-state index contributed by atoms with van der Waals surface area (Å²) in [5.41, 5.74) is 1.92. The second-order valence-electron chi connectivity index (χ2n) is 6.34. The molecule has 4 nitrogen and oxygen atoms in total. The molecule has 0 spiro atoms. The Morgan fingerprint density at radius 2 is 1.59 bits per heavy atom. The number of hydrogen-bond acceptors (Lipinski definition) is 3. The van der Waals surface area contributed by atoms with E-state index in [9.17, 15) is 22.8 Å². The lowest BCUT2D eigenvalue weighted by Crippen LogP contribution is -2.15. The molecule has 150 valence electrons. The number of benzene rings is 2. The fraction of sp³-hybridized carbons (Fsp3) is 0.143. The first kappa shape index (κ1) is 20.7. The molecule has 0 saturated carbocycles.